The van der Waals surface area contributed by atoms with E-state index in [1.165, 1.54) is 11.1 Å². The summed E-state index contributed by atoms with van der Waals surface area (Å²) in [6.45, 7) is 7.04. The van der Waals surface area contributed by atoms with Crippen LogP contribution in [-0.2, 0) is 6.54 Å². The van der Waals surface area contributed by atoms with E-state index in [2.05, 4.69) is 27.9 Å². The number of nitrogens with one attached hydrogen (secondary N) is 1. The predicted octanol–water partition coefficient (Wildman–Crippen LogP) is 2.10. The van der Waals surface area contributed by atoms with Crippen molar-refractivity contribution in [2.24, 2.45) is 0 Å². The summed E-state index contributed by atoms with van der Waals surface area (Å²) in [6, 6.07) is 5.76. The Labute approximate surface area is 140 Å². The van der Waals surface area contributed by atoms with Gasteiger partial charge in [-0.1, -0.05) is 0 Å². The number of aromatic nitrogens is 2. The fourth-order valence-electron chi connectivity index (χ4n) is 3.53. The summed E-state index contributed by atoms with van der Waals surface area (Å²) in [7, 11) is 0. The van der Waals surface area contributed by atoms with Crippen LogP contribution < -0.4 is 15.0 Å². The molecule has 4 rings (SSSR count). The summed E-state index contributed by atoms with van der Waals surface area (Å²) in [5.41, 5.74) is 3.31. The molecule has 0 radical (unpaired) electrons. The van der Waals surface area contributed by atoms with Crippen molar-refractivity contribution < 1.29 is 9.47 Å². The molecule has 1 fully saturated rings. The molecule has 2 aliphatic rings. The van der Waals surface area contributed by atoms with Gasteiger partial charge in [0, 0.05) is 25.1 Å². The normalized spacial score (nSPS) is 19.8. The van der Waals surface area contributed by atoms with Gasteiger partial charge in [-0.2, -0.15) is 0 Å². The fraction of sp³-hybridized carbons (Fsp3) is 0.444. The van der Waals surface area contributed by atoms with E-state index < -0.39 is 0 Å². The molecule has 6 nitrogen and oxygen atoms in total. The van der Waals surface area contributed by atoms with Crippen LogP contribution in [0.25, 0.3) is 0 Å². The number of ether oxygens (including phenoxy) is 2. The number of fused-ring (bicyclic) bond motifs is 1. The van der Waals surface area contributed by atoms with Crippen LogP contribution in [0.15, 0.2) is 23.0 Å². The van der Waals surface area contributed by atoms with E-state index in [4.69, 9.17) is 9.47 Å². The van der Waals surface area contributed by atoms with Gasteiger partial charge in [-0.05, 0) is 50.1 Å². The van der Waals surface area contributed by atoms with Crippen molar-refractivity contribution in [3.8, 4) is 11.5 Å². The van der Waals surface area contributed by atoms with Crippen molar-refractivity contribution in [1.29, 1.82) is 0 Å². The number of rotatable bonds is 3. The minimum absolute atomic E-state index is 0.0671. The minimum Gasteiger partial charge on any atom is -0.454 e. The zero-order valence-electron chi connectivity index (χ0n) is 14.0. The molecule has 0 spiro atoms. The maximum atomic E-state index is 11.7. The molecule has 6 heteroatoms. The quantitative estimate of drug-likeness (QED) is 0.935. The highest BCUT2D eigenvalue weighted by Gasteiger charge is 2.26. The van der Waals surface area contributed by atoms with Crippen LogP contribution in [0.4, 0.5) is 0 Å². The Bertz CT molecular complexity index is 831. The van der Waals surface area contributed by atoms with Gasteiger partial charge in [0.05, 0.1) is 5.69 Å². The number of hydrogen-bond acceptors (Lipinski definition) is 5. The summed E-state index contributed by atoms with van der Waals surface area (Å²) in [4.78, 5) is 21.3. The zero-order chi connectivity index (χ0) is 16.7. The van der Waals surface area contributed by atoms with E-state index >= 15 is 0 Å². The van der Waals surface area contributed by atoms with Gasteiger partial charge < -0.3 is 14.5 Å². The van der Waals surface area contributed by atoms with Crippen molar-refractivity contribution >= 4 is 0 Å². The molecule has 24 heavy (non-hydrogen) atoms. The molecule has 1 N–H and O–H groups in total. The van der Waals surface area contributed by atoms with Gasteiger partial charge in [-0.15, -0.1) is 0 Å². The van der Waals surface area contributed by atoms with Crippen LogP contribution in [0, 0.1) is 13.8 Å². The lowest BCUT2D eigenvalue weighted by Gasteiger charge is -2.18. The van der Waals surface area contributed by atoms with Gasteiger partial charge in [-0.25, -0.2) is 4.98 Å². The number of H-pyrrole nitrogens is 1. The molecule has 1 aromatic carbocycles. The number of likely N-dealkylation sites (tertiary alicyclic amines) is 1. The Morgan fingerprint density at radius 2 is 2.04 bits per heavy atom. The molecule has 0 saturated carbocycles. The molecule has 3 heterocycles. The molecule has 2 aliphatic heterocycles. The molecule has 2 aromatic rings. The van der Waals surface area contributed by atoms with Gasteiger partial charge in [0.25, 0.3) is 5.56 Å². The molecule has 0 bridgehead atoms. The van der Waals surface area contributed by atoms with Crippen molar-refractivity contribution in [3.63, 3.8) is 0 Å². The minimum atomic E-state index is -0.0671. The number of aryl methyl sites for hydroxylation is 2. The van der Waals surface area contributed by atoms with Gasteiger partial charge >= 0.3 is 0 Å². The molecular weight excluding hydrogens is 306 g/mol. The largest absolute Gasteiger partial charge is 0.454 e. The highest BCUT2D eigenvalue weighted by molar-refractivity contribution is 5.48. The molecule has 1 unspecified atom stereocenters. The lowest BCUT2D eigenvalue weighted by molar-refractivity contribution is 0.174. The Balaban J connectivity index is 1.49. The van der Waals surface area contributed by atoms with Gasteiger partial charge in [0.2, 0.25) is 6.79 Å². The third kappa shape index (κ3) is 2.89. The number of benzene rings is 1. The Hall–Kier alpha value is -2.34. The number of hydrogen-bond donors (Lipinski definition) is 1. The average molecular weight is 327 g/mol. The van der Waals surface area contributed by atoms with Crippen molar-refractivity contribution in [3.05, 3.63) is 51.2 Å². The van der Waals surface area contributed by atoms with Crippen molar-refractivity contribution in [2.75, 3.05) is 19.9 Å². The van der Waals surface area contributed by atoms with Crippen LogP contribution in [0.5, 0.6) is 11.5 Å². The number of nitrogens with zero attached hydrogens (tertiary/aromatic N) is 2. The lowest BCUT2D eigenvalue weighted by Crippen LogP contribution is -2.21. The van der Waals surface area contributed by atoms with Gasteiger partial charge in [0.15, 0.2) is 11.5 Å². The first-order valence-corrected chi connectivity index (χ1v) is 8.28. The van der Waals surface area contributed by atoms with E-state index in [0.717, 1.165) is 43.2 Å². The third-order valence-electron chi connectivity index (χ3n) is 4.80. The Kier molecular flexibility index (Phi) is 3.76. The summed E-state index contributed by atoms with van der Waals surface area (Å²) >= 11 is 0. The van der Waals surface area contributed by atoms with Crippen LogP contribution in [0.2, 0.25) is 0 Å². The summed E-state index contributed by atoms with van der Waals surface area (Å²) in [5.74, 6) is 2.67. The molecular formula is C18H21N3O3. The molecule has 1 atom stereocenters. The van der Waals surface area contributed by atoms with E-state index in [1.54, 1.807) is 6.07 Å². The second kappa shape index (κ2) is 5.94. The summed E-state index contributed by atoms with van der Waals surface area (Å²) in [5, 5.41) is 0. The van der Waals surface area contributed by atoms with Gasteiger partial charge in [-0.3, -0.25) is 9.69 Å². The Morgan fingerprint density at radius 3 is 2.83 bits per heavy atom. The van der Waals surface area contributed by atoms with Crippen molar-refractivity contribution in [2.45, 2.75) is 32.7 Å². The second-order valence-corrected chi connectivity index (χ2v) is 6.61. The lowest BCUT2D eigenvalue weighted by atomic mass is 10.0. The van der Waals surface area contributed by atoms with Crippen LogP contribution >= 0.6 is 0 Å². The molecule has 0 aliphatic carbocycles. The molecule has 126 valence electrons. The monoisotopic (exact) mass is 327 g/mol. The average Bonchev–Trinajstić information content (AvgIpc) is 3.16. The Morgan fingerprint density at radius 1 is 1.25 bits per heavy atom. The van der Waals surface area contributed by atoms with Crippen LogP contribution in [0.3, 0.4) is 0 Å². The van der Waals surface area contributed by atoms with Crippen molar-refractivity contribution in [1.82, 2.24) is 14.9 Å². The summed E-state index contributed by atoms with van der Waals surface area (Å²) < 4.78 is 10.9. The maximum Gasteiger partial charge on any atom is 0.251 e. The first-order valence-electron chi connectivity index (χ1n) is 8.28. The SMILES string of the molecule is Cc1nc(C2CCN(Cc3cc4c(cc3C)OCO4)C2)cc(=O)[nH]1. The topological polar surface area (TPSA) is 67.5 Å². The smallest absolute Gasteiger partial charge is 0.251 e. The van der Waals surface area contributed by atoms with E-state index in [0.29, 0.717) is 18.5 Å². The first kappa shape index (κ1) is 15.2. The van der Waals surface area contributed by atoms with Crippen LogP contribution in [-0.4, -0.2) is 34.8 Å². The van der Waals surface area contributed by atoms with E-state index in [-0.39, 0.29) is 5.56 Å². The highest BCUT2D eigenvalue weighted by Crippen LogP contribution is 2.35. The maximum absolute atomic E-state index is 11.7. The van der Waals surface area contributed by atoms with Gasteiger partial charge in [0.1, 0.15) is 5.82 Å². The fourth-order valence-corrected chi connectivity index (χ4v) is 3.53. The molecule has 1 aromatic heterocycles. The van der Waals surface area contributed by atoms with Crippen LogP contribution in [0.1, 0.15) is 35.0 Å². The van der Waals surface area contributed by atoms with E-state index in [9.17, 15) is 4.79 Å². The molecule has 0 amide bonds. The number of aromatic amines is 1. The standard InChI is InChI=1S/C18H21N3O3/c1-11-5-16-17(24-10-23-16)6-14(11)9-21-4-3-13(8-21)15-7-18(22)20-12(2)19-15/h5-7,13H,3-4,8-10H2,1-2H3,(H,19,20,22). The first-order chi connectivity index (χ1) is 11.6. The summed E-state index contributed by atoms with van der Waals surface area (Å²) in [6.07, 6.45) is 1.03. The highest BCUT2D eigenvalue weighted by atomic mass is 16.7. The zero-order valence-corrected chi connectivity index (χ0v) is 14.0. The third-order valence-corrected chi connectivity index (χ3v) is 4.80. The van der Waals surface area contributed by atoms with E-state index in [1.807, 2.05) is 13.0 Å². The second-order valence-electron chi connectivity index (χ2n) is 6.61. The predicted molar refractivity (Wildman–Crippen MR) is 89.5 cm³/mol. The molecule has 1 saturated heterocycles.